The minimum Gasteiger partial charge on any atom is -0.352 e. The van der Waals surface area contributed by atoms with Gasteiger partial charge in [-0.2, -0.15) is 0 Å². The van der Waals surface area contributed by atoms with Crippen LogP contribution in [0.1, 0.15) is 42.5 Å². The molecule has 0 unspecified atom stereocenters. The summed E-state index contributed by atoms with van der Waals surface area (Å²) in [6.45, 7) is 6.16. The molecule has 2 amide bonds. The summed E-state index contributed by atoms with van der Waals surface area (Å²) in [5, 5.41) is 3.06. The summed E-state index contributed by atoms with van der Waals surface area (Å²) in [4.78, 5) is 28.8. The van der Waals surface area contributed by atoms with Crippen molar-refractivity contribution in [2.75, 3.05) is 0 Å². The Morgan fingerprint density at radius 3 is 2.21 bits per heavy atom. The molecule has 0 bridgehead atoms. The predicted octanol–water partition coefficient (Wildman–Crippen LogP) is 5.23. The largest absolute Gasteiger partial charge is 0.352 e. The second-order valence-corrected chi connectivity index (χ2v) is 8.77. The number of rotatable bonds is 10. The monoisotopic (exact) mass is 460 g/mol. The Labute approximate surface area is 201 Å². The van der Waals surface area contributed by atoms with Gasteiger partial charge in [-0.1, -0.05) is 73.7 Å². The van der Waals surface area contributed by atoms with Gasteiger partial charge in [0.05, 0.1) is 6.42 Å². The summed E-state index contributed by atoms with van der Waals surface area (Å²) in [7, 11) is 0. The highest BCUT2D eigenvalue weighted by molar-refractivity contribution is 5.89. The fourth-order valence-corrected chi connectivity index (χ4v) is 3.85. The average Bonchev–Trinajstić information content (AvgIpc) is 2.84. The summed E-state index contributed by atoms with van der Waals surface area (Å²) in [5.41, 5.74) is 3.70. The molecule has 3 aromatic rings. The van der Waals surface area contributed by atoms with Gasteiger partial charge in [0.15, 0.2) is 0 Å². The number of halogens is 1. The van der Waals surface area contributed by atoms with Crippen molar-refractivity contribution in [1.82, 2.24) is 10.2 Å². The zero-order chi connectivity index (χ0) is 24.5. The lowest BCUT2D eigenvalue weighted by molar-refractivity contribution is -0.141. The number of carbonyl (C=O) groups excluding carboxylic acids is 2. The van der Waals surface area contributed by atoms with Crippen molar-refractivity contribution in [2.24, 2.45) is 0 Å². The summed E-state index contributed by atoms with van der Waals surface area (Å²) in [5.74, 6) is -0.658. The minimum atomic E-state index is -0.696. The first-order valence-electron chi connectivity index (χ1n) is 11.8. The number of carbonyl (C=O) groups is 2. The Balaban J connectivity index is 1.97. The molecular weight excluding hydrogens is 427 g/mol. The SMILES string of the molecule is CC[C@@H](C)NC(=O)[C@H](Cc1ccccc1)N(Cc1ccc(F)cc1)C(=O)Cc1ccccc1C. The fourth-order valence-electron chi connectivity index (χ4n) is 3.85. The number of benzene rings is 3. The maximum atomic E-state index is 13.7. The smallest absolute Gasteiger partial charge is 0.243 e. The van der Waals surface area contributed by atoms with Crippen LogP contribution in [-0.2, 0) is 29.0 Å². The third-order valence-electron chi connectivity index (χ3n) is 6.14. The maximum absolute atomic E-state index is 13.7. The van der Waals surface area contributed by atoms with Crippen LogP contribution in [-0.4, -0.2) is 28.8 Å². The number of nitrogens with one attached hydrogen (secondary N) is 1. The van der Waals surface area contributed by atoms with E-state index in [0.29, 0.717) is 6.42 Å². The number of nitrogens with zero attached hydrogens (tertiary/aromatic N) is 1. The molecule has 34 heavy (non-hydrogen) atoms. The number of hydrogen-bond acceptors (Lipinski definition) is 2. The second kappa shape index (κ2) is 12.1. The van der Waals surface area contributed by atoms with Crippen molar-refractivity contribution in [3.8, 4) is 0 Å². The van der Waals surface area contributed by atoms with Gasteiger partial charge < -0.3 is 10.2 Å². The van der Waals surface area contributed by atoms with Gasteiger partial charge in [0, 0.05) is 19.0 Å². The summed E-state index contributed by atoms with van der Waals surface area (Å²) < 4.78 is 13.5. The van der Waals surface area contributed by atoms with E-state index in [0.717, 1.165) is 28.7 Å². The Morgan fingerprint density at radius 1 is 0.912 bits per heavy atom. The Bertz CT molecular complexity index is 1080. The molecule has 1 N–H and O–H groups in total. The molecule has 4 nitrogen and oxygen atoms in total. The van der Waals surface area contributed by atoms with E-state index in [1.807, 2.05) is 75.4 Å². The molecule has 0 spiro atoms. The molecule has 3 aromatic carbocycles. The van der Waals surface area contributed by atoms with E-state index in [4.69, 9.17) is 0 Å². The highest BCUT2D eigenvalue weighted by Crippen LogP contribution is 2.18. The lowest BCUT2D eigenvalue weighted by atomic mass is 10.00. The lowest BCUT2D eigenvalue weighted by Crippen LogP contribution is -2.52. The normalized spacial score (nSPS) is 12.6. The Hall–Kier alpha value is -3.47. The third-order valence-corrected chi connectivity index (χ3v) is 6.14. The molecule has 3 rings (SSSR count). The van der Waals surface area contributed by atoms with E-state index in [1.54, 1.807) is 17.0 Å². The van der Waals surface area contributed by atoms with E-state index in [-0.39, 0.29) is 36.6 Å². The van der Waals surface area contributed by atoms with Gasteiger partial charge in [-0.25, -0.2) is 4.39 Å². The molecule has 0 aromatic heterocycles. The van der Waals surface area contributed by atoms with Crippen LogP contribution in [0.5, 0.6) is 0 Å². The van der Waals surface area contributed by atoms with Crippen LogP contribution in [0.15, 0.2) is 78.9 Å². The molecule has 5 heteroatoms. The van der Waals surface area contributed by atoms with Crippen molar-refractivity contribution in [1.29, 1.82) is 0 Å². The van der Waals surface area contributed by atoms with Crippen molar-refractivity contribution in [2.45, 2.75) is 58.7 Å². The van der Waals surface area contributed by atoms with Crippen LogP contribution in [0.4, 0.5) is 4.39 Å². The molecule has 0 saturated heterocycles. The Kier molecular flexibility index (Phi) is 8.97. The minimum absolute atomic E-state index is 0.00934. The first-order valence-corrected chi connectivity index (χ1v) is 11.8. The molecule has 0 radical (unpaired) electrons. The van der Waals surface area contributed by atoms with Gasteiger partial charge in [0.25, 0.3) is 0 Å². The predicted molar refractivity (Wildman–Crippen MR) is 134 cm³/mol. The lowest BCUT2D eigenvalue weighted by Gasteiger charge is -2.32. The van der Waals surface area contributed by atoms with Crippen LogP contribution in [0, 0.1) is 12.7 Å². The highest BCUT2D eigenvalue weighted by atomic mass is 19.1. The number of hydrogen-bond donors (Lipinski definition) is 1. The first kappa shape index (κ1) is 25.2. The standard InChI is InChI=1S/C29H33FN2O2/c1-4-22(3)31-29(34)27(18-23-11-6-5-7-12-23)32(20-24-14-16-26(30)17-15-24)28(33)19-25-13-9-8-10-21(25)2/h5-17,22,27H,4,18-20H2,1-3H3,(H,31,34)/t22-,27+/m1/s1. The fraction of sp³-hybridized carbons (Fsp3) is 0.310. The van der Waals surface area contributed by atoms with Crippen LogP contribution in [0.2, 0.25) is 0 Å². The first-order chi connectivity index (χ1) is 16.4. The number of aryl methyl sites for hydroxylation is 1. The zero-order valence-electron chi connectivity index (χ0n) is 20.1. The van der Waals surface area contributed by atoms with Gasteiger partial charge in [0.1, 0.15) is 11.9 Å². The van der Waals surface area contributed by atoms with Gasteiger partial charge in [0.2, 0.25) is 11.8 Å². The maximum Gasteiger partial charge on any atom is 0.243 e. The average molecular weight is 461 g/mol. The van der Waals surface area contributed by atoms with Gasteiger partial charge >= 0.3 is 0 Å². The molecule has 0 aliphatic rings. The van der Waals surface area contributed by atoms with E-state index < -0.39 is 6.04 Å². The molecule has 0 heterocycles. The summed E-state index contributed by atoms with van der Waals surface area (Å²) in [6, 6.07) is 22.9. The quantitative estimate of drug-likeness (QED) is 0.450. The van der Waals surface area contributed by atoms with Gasteiger partial charge in [-0.3, -0.25) is 9.59 Å². The van der Waals surface area contributed by atoms with Crippen LogP contribution in [0.3, 0.4) is 0 Å². The second-order valence-electron chi connectivity index (χ2n) is 8.77. The molecule has 178 valence electrons. The third kappa shape index (κ3) is 7.01. The molecule has 0 saturated carbocycles. The highest BCUT2D eigenvalue weighted by Gasteiger charge is 2.31. The van der Waals surface area contributed by atoms with E-state index in [2.05, 4.69) is 5.32 Å². The zero-order valence-corrected chi connectivity index (χ0v) is 20.1. The van der Waals surface area contributed by atoms with Crippen LogP contribution in [0.25, 0.3) is 0 Å². The molecule has 0 aliphatic heterocycles. The number of amides is 2. The van der Waals surface area contributed by atoms with Crippen LogP contribution < -0.4 is 5.32 Å². The van der Waals surface area contributed by atoms with Gasteiger partial charge in [-0.05, 0) is 54.7 Å². The topological polar surface area (TPSA) is 49.4 Å². The van der Waals surface area contributed by atoms with Crippen molar-refractivity contribution in [3.63, 3.8) is 0 Å². The van der Waals surface area contributed by atoms with E-state index >= 15 is 0 Å². The van der Waals surface area contributed by atoms with E-state index in [1.165, 1.54) is 12.1 Å². The van der Waals surface area contributed by atoms with Crippen LogP contribution >= 0.6 is 0 Å². The summed E-state index contributed by atoms with van der Waals surface area (Å²) >= 11 is 0. The molecule has 0 fully saturated rings. The molecule has 2 atom stereocenters. The van der Waals surface area contributed by atoms with Crippen molar-refractivity contribution in [3.05, 3.63) is 107 Å². The van der Waals surface area contributed by atoms with E-state index in [9.17, 15) is 14.0 Å². The Morgan fingerprint density at radius 2 is 1.56 bits per heavy atom. The summed E-state index contributed by atoms with van der Waals surface area (Å²) in [6.07, 6.45) is 1.37. The molecule has 0 aliphatic carbocycles. The molecular formula is C29H33FN2O2. The van der Waals surface area contributed by atoms with Crippen molar-refractivity contribution >= 4 is 11.8 Å². The van der Waals surface area contributed by atoms with Crippen molar-refractivity contribution < 1.29 is 14.0 Å². The van der Waals surface area contributed by atoms with Gasteiger partial charge in [-0.15, -0.1) is 0 Å².